The maximum Gasteiger partial charge on any atom is 0.180 e. The third-order valence-corrected chi connectivity index (χ3v) is 4.33. The molecule has 0 atom stereocenters. The highest BCUT2D eigenvalue weighted by molar-refractivity contribution is 8.13. The van der Waals surface area contributed by atoms with E-state index in [1.54, 1.807) is 11.8 Å². The smallest absolute Gasteiger partial charge is 0.180 e. The molecule has 0 spiro atoms. The number of hydrazine groups is 1. The number of anilines is 1. The van der Waals surface area contributed by atoms with E-state index in [9.17, 15) is 0 Å². The average molecular weight is 357 g/mol. The number of hydrogen-bond donors (Lipinski definition) is 1. The SMILES string of the molecule is CCCCCN(NC(=Nc1ccccc1)SC)c1cc(C)cc(C)n1. The molecule has 2 rings (SSSR count). The van der Waals surface area contributed by atoms with Gasteiger partial charge in [-0.2, -0.15) is 0 Å². The first kappa shape index (κ1) is 19.3. The van der Waals surface area contributed by atoms with Crippen LogP contribution < -0.4 is 10.4 Å². The zero-order valence-corrected chi connectivity index (χ0v) is 16.4. The van der Waals surface area contributed by atoms with Gasteiger partial charge in [0, 0.05) is 12.2 Å². The minimum atomic E-state index is 0.864. The fraction of sp³-hybridized carbons (Fsp3) is 0.400. The highest BCUT2D eigenvalue weighted by Crippen LogP contribution is 2.17. The van der Waals surface area contributed by atoms with Gasteiger partial charge in [-0.05, 0) is 56.4 Å². The number of benzene rings is 1. The Balaban J connectivity index is 2.23. The lowest BCUT2D eigenvalue weighted by molar-refractivity contribution is 0.655. The Morgan fingerprint density at radius 1 is 1.16 bits per heavy atom. The van der Waals surface area contributed by atoms with Crippen molar-refractivity contribution in [1.29, 1.82) is 0 Å². The number of aromatic nitrogens is 1. The number of nitrogens with one attached hydrogen (secondary N) is 1. The lowest BCUT2D eigenvalue weighted by atomic mass is 10.2. The Labute approximate surface area is 155 Å². The van der Waals surface area contributed by atoms with Crippen molar-refractivity contribution in [2.45, 2.75) is 40.0 Å². The first-order valence-electron chi connectivity index (χ1n) is 8.79. The van der Waals surface area contributed by atoms with Gasteiger partial charge < -0.3 is 0 Å². The van der Waals surface area contributed by atoms with Gasteiger partial charge in [0.2, 0.25) is 0 Å². The Kier molecular flexibility index (Phi) is 7.79. The maximum absolute atomic E-state index is 4.71. The van der Waals surface area contributed by atoms with E-state index in [1.807, 2.05) is 43.5 Å². The van der Waals surface area contributed by atoms with Crippen LogP contribution in [0.1, 0.15) is 37.4 Å². The molecule has 0 aliphatic heterocycles. The van der Waals surface area contributed by atoms with E-state index < -0.39 is 0 Å². The van der Waals surface area contributed by atoms with E-state index in [0.29, 0.717) is 0 Å². The third-order valence-electron chi connectivity index (χ3n) is 3.76. The van der Waals surface area contributed by atoms with Gasteiger partial charge in [0.15, 0.2) is 5.17 Å². The zero-order chi connectivity index (χ0) is 18.1. The number of thioether (sulfide) groups is 1. The quantitative estimate of drug-likeness (QED) is 0.318. The van der Waals surface area contributed by atoms with E-state index in [4.69, 9.17) is 9.98 Å². The van der Waals surface area contributed by atoms with Gasteiger partial charge in [0.25, 0.3) is 0 Å². The number of nitrogens with zero attached hydrogens (tertiary/aromatic N) is 3. The Morgan fingerprint density at radius 3 is 2.56 bits per heavy atom. The van der Waals surface area contributed by atoms with Gasteiger partial charge >= 0.3 is 0 Å². The predicted molar refractivity (Wildman–Crippen MR) is 111 cm³/mol. The topological polar surface area (TPSA) is 40.5 Å². The lowest BCUT2D eigenvalue weighted by Gasteiger charge is -2.26. The van der Waals surface area contributed by atoms with E-state index in [-0.39, 0.29) is 0 Å². The number of aryl methyl sites for hydroxylation is 2. The zero-order valence-electron chi connectivity index (χ0n) is 15.6. The second-order valence-electron chi connectivity index (χ2n) is 6.07. The van der Waals surface area contributed by atoms with Crippen molar-refractivity contribution in [2.75, 3.05) is 17.8 Å². The third kappa shape index (κ3) is 6.42. The van der Waals surface area contributed by atoms with Crippen LogP contribution in [-0.2, 0) is 0 Å². The van der Waals surface area contributed by atoms with Crippen molar-refractivity contribution >= 4 is 28.4 Å². The molecule has 0 fully saturated rings. The Hall–Kier alpha value is -2.01. The molecule has 1 N–H and O–H groups in total. The fourth-order valence-electron chi connectivity index (χ4n) is 2.56. The molecule has 0 aliphatic carbocycles. The summed E-state index contributed by atoms with van der Waals surface area (Å²) >= 11 is 1.60. The monoisotopic (exact) mass is 356 g/mol. The fourth-order valence-corrected chi connectivity index (χ4v) is 2.96. The van der Waals surface area contributed by atoms with Crippen LogP contribution in [0.15, 0.2) is 47.5 Å². The summed E-state index contributed by atoms with van der Waals surface area (Å²) in [6, 6.07) is 14.2. The van der Waals surface area contributed by atoms with Crippen LogP contribution in [-0.4, -0.2) is 23.0 Å². The van der Waals surface area contributed by atoms with E-state index >= 15 is 0 Å². The standard InChI is InChI=1S/C20H28N4S/c1-5-6-10-13-24(19-15-16(2)14-17(3)21-19)23-20(25-4)22-18-11-8-7-9-12-18/h7-9,11-12,14-15H,5-6,10,13H2,1-4H3,(H,22,23). The summed E-state index contributed by atoms with van der Waals surface area (Å²) in [5, 5.41) is 2.98. The molecular formula is C20H28N4S. The Morgan fingerprint density at radius 2 is 1.92 bits per heavy atom. The van der Waals surface area contributed by atoms with Crippen molar-refractivity contribution in [1.82, 2.24) is 10.4 Å². The van der Waals surface area contributed by atoms with Gasteiger partial charge in [-0.15, -0.1) is 0 Å². The predicted octanol–water partition coefficient (Wildman–Crippen LogP) is 5.25. The molecule has 1 aromatic heterocycles. The van der Waals surface area contributed by atoms with Crippen LogP contribution in [0, 0.1) is 13.8 Å². The number of pyridine rings is 1. The summed E-state index contributed by atoms with van der Waals surface area (Å²) < 4.78 is 0. The molecule has 2 aromatic rings. The summed E-state index contributed by atoms with van der Waals surface area (Å²) in [6.07, 6.45) is 5.55. The molecule has 1 heterocycles. The van der Waals surface area contributed by atoms with E-state index in [1.165, 1.54) is 18.4 Å². The molecule has 0 aliphatic rings. The van der Waals surface area contributed by atoms with Gasteiger partial charge in [0.1, 0.15) is 5.82 Å². The van der Waals surface area contributed by atoms with Crippen molar-refractivity contribution in [2.24, 2.45) is 4.99 Å². The van der Waals surface area contributed by atoms with Crippen molar-refractivity contribution in [3.8, 4) is 0 Å². The first-order valence-corrected chi connectivity index (χ1v) is 10.0. The average Bonchev–Trinajstić information content (AvgIpc) is 2.60. The van der Waals surface area contributed by atoms with Crippen molar-refractivity contribution in [3.63, 3.8) is 0 Å². The van der Waals surface area contributed by atoms with Crippen molar-refractivity contribution in [3.05, 3.63) is 53.7 Å². The molecular weight excluding hydrogens is 328 g/mol. The summed E-state index contributed by atoms with van der Waals surface area (Å²) in [5.74, 6) is 0.948. The second kappa shape index (κ2) is 10.1. The van der Waals surface area contributed by atoms with Crippen LogP contribution in [0.3, 0.4) is 0 Å². The molecule has 0 unspecified atom stereocenters. The second-order valence-corrected chi connectivity index (χ2v) is 6.87. The normalized spacial score (nSPS) is 11.4. The number of unbranched alkanes of at least 4 members (excludes halogenated alkanes) is 2. The number of rotatable bonds is 7. The molecule has 0 bridgehead atoms. The number of aliphatic imine (C=N–C) groups is 1. The Bertz CT molecular complexity index is 665. The maximum atomic E-state index is 4.71. The highest BCUT2D eigenvalue weighted by atomic mass is 32.2. The number of para-hydroxylation sites is 1. The van der Waals surface area contributed by atoms with Gasteiger partial charge in [-0.1, -0.05) is 49.7 Å². The van der Waals surface area contributed by atoms with Crippen molar-refractivity contribution < 1.29 is 0 Å². The van der Waals surface area contributed by atoms with E-state index in [2.05, 4.69) is 36.4 Å². The van der Waals surface area contributed by atoms with Crippen LogP contribution in [0.5, 0.6) is 0 Å². The molecule has 25 heavy (non-hydrogen) atoms. The summed E-state index contributed by atoms with van der Waals surface area (Å²) in [4.78, 5) is 9.42. The van der Waals surface area contributed by atoms with Crippen LogP contribution in [0.25, 0.3) is 0 Å². The summed E-state index contributed by atoms with van der Waals surface area (Å²) in [7, 11) is 0. The molecule has 5 heteroatoms. The molecule has 0 saturated heterocycles. The molecule has 0 amide bonds. The largest absolute Gasteiger partial charge is 0.275 e. The van der Waals surface area contributed by atoms with Gasteiger partial charge in [0.05, 0.1) is 5.69 Å². The molecule has 134 valence electrons. The summed E-state index contributed by atoms with van der Waals surface area (Å²) in [6.45, 7) is 7.26. The lowest BCUT2D eigenvalue weighted by Crippen LogP contribution is -2.42. The van der Waals surface area contributed by atoms with Crippen LogP contribution >= 0.6 is 11.8 Å². The highest BCUT2D eigenvalue weighted by Gasteiger charge is 2.11. The number of amidine groups is 1. The van der Waals surface area contributed by atoms with Crippen LogP contribution in [0.4, 0.5) is 11.5 Å². The van der Waals surface area contributed by atoms with Gasteiger partial charge in [-0.25, -0.2) is 9.98 Å². The van der Waals surface area contributed by atoms with E-state index in [0.717, 1.165) is 35.3 Å². The molecule has 4 nitrogen and oxygen atoms in total. The molecule has 0 radical (unpaired) electrons. The summed E-state index contributed by atoms with van der Waals surface area (Å²) in [5.41, 5.74) is 6.66. The molecule has 0 saturated carbocycles. The molecule has 1 aromatic carbocycles. The number of hydrogen-bond acceptors (Lipinski definition) is 4. The van der Waals surface area contributed by atoms with Gasteiger partial charge in [-0.3, -0.25) is 10.4 Å². The first-order chi connectivity index (χ1) is 12.1. The minimum absolute atomic E-state index is 0.864. The van der Waals surface area contributed by atoms with Crippen LogP contribution in [0.2, 0.25) is 0 Å². The minimum Gasteiger partial charge on any atom is -0.275 e.